The molecule has 5 nitrogen and oxygen atoms in total. The molecular formula is C13H15N3O2S. The molecule has 2 aromatic rings. The van der Waals surface area contributed by atoms with E-state index in [1.165, 1.54) is 0 Å². The number of hydrogen-bond acceptors (Lipinski definition) is 5. The number of carbonyl (C=O) groups is 1. The van der Waals surface area contributed by atoms with Crippen LogP contribution in [0.3, 0.4) is 0 Å². The van der Waals surface area contributed by atoms with Gasteiger partial charge < -0.3 is 15.8 Å². The Morgan fingerprint density at radius 1 is 1.42 bits per heavy atom. The fraction of sp³-hybridized carbons (Fsp3) is 0.231. The number of nitrogens with one attached hydrogen (secondary N) is 1. The van der Waals surface area contributed by atoms with E-state index in [1.54, 1.807) is 35.6 Å². The van der Waals surface area contributed by atoms with Crippen molar-refractivity contribution in [3.05, 3.63) is 40.3 Å². The predicted octanol–water partition coefficient (Wildman–Crippen LogP) is 2.36. The maximum absolute atomic E-state index is 11.5. The lowest BCUT2D eigenvalue weighted by atomic mass is 10.3. The third kappa shape index (κ3) is 4.26. The smallest absolute Gasteiger partial charge is 0.410 e. The summed E-state index contributed by atoms with van der Waals surface area (Å²) in [4.78, 5) is 15.8. The van der Waals surface area contributed by atoms with Gasteiger partial charge in [-0.25, -0.2) is 9.78 Å². The van der Waals surface area contributed by atoms with Gasteiger partial charge in [0.25, 0.3) is 0 Å². The van der Waals surface area contributed by atoms with Gasteiger partial charge in [0.1, 0.15) is 5.75 Å². The molecule has 0 saturated carbocycles. The average molecular weight is 277 g/mol. The van der Waals surface area contributed by atoms with Crippen molar-refractivity contribution in [1.29, 1.82) is 0 Å². The Hall–Kier alpha value is -2.08. The van der Waals surface area contributed by atoms with Crippen LogP contribution in [0.4, 0.5) is 10.5 Å². The van der Waals surface area contributed by atoms with E-state index in [0.29, 0.717) is 24.4 Å². The van der Waals surface area contributed by atoms with E-state index in [9.17, 15) is 4.79 Å². The first-order valence-electron chi connectivity index (χ1n) is 5.86. The summed E-state index contributed by atoms with van der Waals surface area (Å²) in [5.74, 6) is 0.469. The van der Waals surface area contributed by atoms with E-state index in [0.717, 1.165) is 10.7 Å². The quantitative estimate of drug-likeness (QED) is 0.841. The molecule has 0 unspecified atom stereocenters. The molecule has 0 saturated heterocycles. The highest BCUT2D eigenvalue weighted by Gasteiger charge is 2.04. The van der Waals surface area contributed by atoms with Crippen LogP contribution >= 0.6 is 11.3 Å². The van der Waals surface area contributed by atoms with Crippen molar-refractivity contribution in [2.45, 2.75) is 13.3 Å². The lowest BCUT2D eigenvalue weighted by molar-refractivity contribution is 0.200. The standard InChI is InChI=1S/C13H15N3O2S/c1-9-16-11(8-19-9)6-7-15-13(17)18-12-4-2-10(14)3-5-12/h2-5,8H,6-7,14H2,1H3,(H,15,17). The molecule has 100 valence electrons. The zero-order chi connectivity index (χ0) is 13.7. The third-order valence-corrected chi connectivity index (χ3v) is 3.23. The number of benzene rings is 1. The van der Waals surface area contributed by atoms with E-state index in [4.69, 9.17) is 10.5 Å². The number of rotatable bonds is 4. The molecule has 0 radical (unpaired) electrons. The number of anilines is 1. The van der Waals surface area contributed by atoms with Gasteiger partial charge in [0.05, 0.1) is 10.7 Å². The fourth-order valence-corrected chi connectivity index (χ4v) is 2.14. The Balaban J connectivity index is 1.74. The van der Waals surface area contributed by atoms with Crippen LogP contribution in [0.1, 0.15) is 10.7 Å². The second-order valence-corrected chi connectivity index (χ2v) is 5.06. The normalized spacial score (nSPS) is 10.2. The number of nitrogen functional groups attached to an aromatic ring is 1. The van der Waals surface area contributed by atoms with E-state index >= 15 is 0 Å². The SMILES string of the molecule is Cc1nc(CCNC(=O)Oc2ccc(N)cc2)cs1. The second-order valence-electron chi connectivity index (χ2n) is 3.99. The zero-order valence-electron chi connectivity index (χ0n) is 10.6. The minimum absolute atomic E-state index is 0.469. The minimum Gasteiger partial charge on any atom is -0.410 e. The summed E-state index contributed by atoms with van der Waals surface area (Å²) in [6.07, 6.45) is 0.220. The first-order chi connectivity index (χ1) is 9.13. The molecule has 0 aliphatic rings. The van der Waals surface area contributed by atoms with Crippen LogP contribution in [-0.2, 0) is 6.42 Å². The lowest BCUT2D eigenvalue weighted by Gasteiger charge is -2.05. The number of aromatic nitrogens is 1. The molecular weight excluding hydrogens is 262 g/mol. The number of nitrogens with zero attached hydrogens (tertiary/aromatic N) is 1. The van der Waals surface area contributed by atoms with Crippen molar-refractivity contribution in [3.63, 3.8) is 0 Å². The van der Waals surface area contributed by atoms with Crippen LogP contribution in [0, 0.1) is 6.92 Å². The molecule has 0 fully saturated rings. The molecule has 1 amide bonds. The van der Waals surface area contributed by atoms with Crippen molar-refractivity contribution >= 4 is 23.1 Å². The van der Waals surface area contributed by atoms with Crippen molar-refractivity contribution in [2.24, 2.45) is 0 Å². The molecule has 3 N–H and O–H groups in total. The first kappa shape index (κ1) is 13.4. The number of hydrogen-bond donors (Lipinski definition) is 2. The summed E-state index contributed by atoms with van der Waals surface area (Å²) in [6.45, 7) is 2.45. The maximum Gasteiger partial charge on any atom is 0.412 e. The van der Waals surface area contributed by atoms with Crippen LogP contribution in [0.2, 0.25) is 0 Å². The van der Waals surface area contributed by atoms with E-state index in [1.807, 2.05) is 12.3 Å². The summed E-state index contributed by atoms with van der Waals surface area (Å²) in [5.41, 5.74) is 7.15. The average Bonchev–Trinajstić information content (AvgIpc) is 2.78. The van der Waals surface area contributed by atoms with Crippen molar-refractivity contribution in [3.8, 4) is 5.75 Å². The van der Waals surface area contributed by atoms with Gasteiger partial charge in [-0.15, -0.1) is 11.3 Å². The van der Waals surface area contributed by atoms with Gasteiger partial charge in [0, 0.05) is 24.0 Å². The van der Waals surface area contributed by atoms with Crippen LogP contribution in [0.15, 0.2) is 29.6 Å². The van der Waals surface area contributed by atoms with Crippen molar-refractivity contribution in [1.82, 2.24) is 10.3 Å². The summed E-state index contributed by atoms with van der Waals surface area (Å²) in [7, 11) is 0. The third-order valence-electron chi connectivity index (χ3n) is 2.41. The van der Waals surface area contributed by atoms with Gasteiger partial charge in [0.15, 0.2) is 0 Å². The van der Waals surface area contributed by atoms with Crippen molar-refractivity contribution < 1.29 is 9.53 Å². The first-order valence-corrected chi connectivity index (χ1v) is 6.73. The predicted molar refractivity (Wildman–Crippen MR) is 75.4 cm³/mol. The molecule has 1 aromatic carbocycles. The Kier molecular flexibility index (Phi) is 4.35. The van der Waals surface area contributed by atoms with Crippen molar-refractivity contribution in [2.75, 3.05) is 12.3 Å². The molecule has 6 heteroatoms. The van der Waals surface area contributed by atoms with Gasteiger partial charge in [-0.3, -0.25) is 0 Å². The number of amides is 1. The Morgan fingerprint density at radius 3 is 2.79 bits per heavy atom. The molecule has 1 aromatic heterocycles. The molecule has 0 atom stereocenters. The number of carbonyl (C=O) groups excluding carboxylic acids is 1. The van der Waals surface area contributed by atoms with Crippen LogP contribution in [0.25, 0.3) is 0 Å². The molecule has 2 rings (SSSR count). The Labute approximate surface area is 115 Å². The Morgan fingerprint density at radius 2 is 2.16 bits per heavy atom. The highest BCUT2D eigenvalue weighted by molar-refractivity contribution is 7.09. The van der Waals surface area contributed by atoms with Gasteiger partial charge >= 0.3 is 6.09 Å². The molecule has 19 heavy (non-hydrogen) atoms. The van der Waals surface area contributed by atoms with Gasteiger partial charge in [0.2, 0.25) is 0 Å². The van der Waals surface area contributed by atoms with Crippen LogP contribution in [0.5, 0.6) is 5.75 Å². The highest BCUT2D eigenvalue weighted by Crippen LogP contribution is 2.13. The van der Waals surface area contributed by atoms with E-state index in [2.05, 4.69) is 10.3 Å². The van der Waals surface area contributed by atoms with E-state index < -0.39 is 6.09 Å². The van der Waals surface area contributed by atoms with Gasteiger partial charge in [-0.05, 0) is 31.2 Å². The number of aryl methyl sites for hydroxylation is 1. The van der Waals surface area contributed by atoms with Gasteiger partial charge in [-0.1, -0.05) is 0 Å². The topological polar surface area (TPSA) is 77.2 Å². The molecule has 0 spiro atoms. The Bertz CT molecular complexity index is 551. The summed E-state index contributed by atoms with van der Waals surface area (Å²) >= 11 is 1.60. The highest BCUT2D eigenvalue weighted by atomic mass is 32.1. The number of thiazole rings is 1. The fourth-order valence-electron chi connectivity index (χ4n) is 1.49. The van der Waals surface area contributed by atoms with E-state index in [-0.39, 0.29) is 0 Å². The number of nitrogens with two attached hydrogens (primary N) is 1. The lowest BCUT2D eigenvalue weighted by Crippen LogP contribution is -2.28. The molecule has 0 aliphatic heterocycles. The zero-order valence-corrected chi connectivity index (χ0v) is 11.4. The van der Waals surface area contributed by atoms with Crippen LogP contribution < -0.4 is 15.8 Å². The van der Waals surface area contributed by atoms with Crippen LogP contribution in [-0.4, -0.2) is 17.6 Å². The maximum atomic E-state index is 11.5. The molecule has 0 bridgehead atoms. The molecule has 1 heterocycles. The largest absolute Gasteiger partial charge is 0.412 e. The minimum atomic E-state index is -0.475. The van der Waals surface area contributed by atoms with Gasteiger partial charge in [-0.2, -0.15) is 0 Å². The summed E-state index contributed by atoms with van der Waals surface area (Å²) < 4.78 is 5.09. The monoisotopic (exact) mass is 277 g/mol. The summed E-state index contributed by atoms with van der Waals surface area (Å²) in [5, 5.41) is 5.69. The molecule has 0 aliphatic carbocycles. The summed E-state index contributed by atoms with van der Waals surface area (Å²) in [6, 6.07) is 6.67. The second kappa shape index (κ2) is 6.19. The number of ether oxygens (including phenoxy) is 1.